The maximum Gasteiger partial charge on any atom is 0.191 e. The fourth-order valence-corrected chi connectivity index (χ4v) is 4.96. The Hall–Kier alpha value is -1.68. The van der Waals surface area contributed by atoms with Gasteiger partial charge >= 0.3 is 0 Å². The normalized spacial score (nSPS) is 18.6. The third-order valence-electron chi connectivity index (χ3n) is 6.79. The number of rotatable bonds is 9. The molecule has 2 fully saturated rings. The predicted molar refractivity (Wildman–Crippen MR) is 145 cm³/mol. The van der Waals surface area contributed by atoms with Crippen molar-refractivity contribution < 1.29 is 0 Å². The first-order valence-corrected chi connectivity index (χ1v) is 12.5. The molecule has 2 aliphatic rings. The molecular weight excluding hydrogens is 525 g/mol. The van der Waals surface area contributed by atoms with E-state index in [4.69, 9.17) is 4.99 Å². The predicted octanol–water partition coefficient (Wildman–Crippen LogP) is 4.16. The summed E-state index contributed by atoms with van der Waals surface area (Å²) >= 11 is 0. The molecule has 4 rings (SSSR count). The molecule has 8 heteroatoms. The van der Waals surface area contributed by atoms with Gasteiger partial charge in [-0.3, -0.25) is 9.89 Å². The molecule has 2 heterocycles. The van der Waals surface area contributed by atoms with Crippen molar-refractivity contribution in [2.24, 2.45) is 4.99 Å². The molecule has 1 aromatic carbocycles. The first kappa shape index (κ1) is 25.9. The van der Waals surface area contributed by atoms with Gasteiger partial charge in [0.1, 0.15) is 12.2 Å². The quantitative estimate of drug-likeness (QED) is 0.272. The minimum atomic E-state index is 0. The summed E-state index contributed by atoms with van der Waals surface area (Å²) in [5, 5.41) is 15.6. The van der Waals surface area contributed by atoms with Crippen LogP contribution < -0.4 is 10.6 Å². The van der Waals surface area contributed by atoms with Crippen molar-refractivity contribution in [1.82, 2.24) is 30.3 Å². The zero-order valence-corrected chi connectivity index (χ0v) is 22.3. The highest BCUT2D eigenvalue weighted by Crippen LogP contribution is 2.25. The van der Waals surface area contributed by atoms with Gasteiger partial charge in [-0.1, -0.05) is 56.5 Å². The maximum absolute atomic E-state index is 5.11. The van der Waals surface area contributed by atoms with Crippen LogP contribution in [0, 0.1) is 0 Å². The smallest absolute Gasteiger partial charge is 0.191 e. The lowest BCUT2D eigenvalue weighted by molar-refractivity contribution is 0.251. The molecule has 0 spiro atoms. The van der Waals surface area contributed by atoms with Crippen LogP contribution in [0.1, 0.15) is 69.3 Å². The summed E-state index contributed by atoms with van der Waals surface area (Å²) in [4.78, 5) is 7.71. The number of hydrogen-bond acceptors (Lipinski definition) is 4. The van der Waals surface area contributed by atoms with Crippen LogP contribution in [-0.2, 0) is 13.0 Å². The molecule has 182 valence electrons. The van der Waals surface area contributed by atoms with Crippen LogP contribution >= 0.6 is 24.0 Å². The Morgan fingerprint density at radius 3 is 2.58 bits per heavy atom. The first-order chi connectivity index (χ1) is 15.8. The van der Waals surface area contributed by atoms with Crippen LogP contribution in [-0.4, -0.2) is 57.8 Å². The van der Waals surface area contributed by atoms with Crippen LogP contribution in [0.4, 0.5) is 0 Å². The largest absolute Gasteiger partial charge is 0.355 e. The van der Waals surface area contributed by atoms with Crippen LogP contribution in [0.5, 0.6) is 0 Å². The number of aryl methyl sites for hydroxylation is 1. The van der Waals surface area contributed by atoms with Gasteiger partial charge in [0.05, 0.1) is 12.6 Å². The molecule has 0 radical (unpaired) electrons. The third-order valence-corrected chi connectivity index (χ3v) is 6.79. The Kier molecular flexibility index (Phi) is 10.9. The molecule has 0 bridgehead atoms. The number of halogens is 1. The summed E-state index contributed by atoms with van der Waals surface area (Å²) in [5.74, 6) is 1.98. The van der Waals surface area contributed by atoms with E-state index < -0.39 is 0 Å². The molecule has 7 nitrogen and oxygen atoms in total. The minimum Gasteiger partial charge on any atom is -0.355 e. The molecular formula is C25H40IN7. The van der Waals surface area contributed by atoms with E-state index in [9.17, 15) is 0 Å². The Balaban J connectivity index is 0.00000306. The highest BCUT2D eigenvalue weighted by atomic mass is 127. The highest BCUT2D eigenvalue weighted by molar-refractivity contribution is 14.0. The van der Waals surface area contributed by atoms with E-state index in [-0.39, 0.29) is 24.0 Å². The second-order valence-corrected chi connectivity index (χ2v) is 9.06. The van der Waals surface area contributed by atoms with Gasteiger partial charge in [0.2, 0.25) is 0 Å². The number of guanidine groups is 1. The molecule has 1 aliphatic carbocycles. The van der Waals surface area contributed by atoms with Gasteiger partial charge in [0, 0.05) is 25.6 Å². The van der Waals surface area contributed by atoms with Gasteiger partial charge in [-0.2, -0.15) is 0 Å². The number of nitrogens with zero attached hydrogens (tertiary/aromatic N) is 5. The summed E-state index contributed by atoms with van der Waals surface area (Å²) in [6, 6.07) is 11.8. The van der Waals surface area contributed by atoms with Gasteiger partial charge < -0.3 is 15.2 Å². The van der Waals surface area contributed by atoms with Crippen LogP contribution in [0.2, 0.25) is 0 Å². The lowest BCUT2D eigenvalue weighted by Crippen LogP contribution is -2.45. The first-order valence-electron chi connectivity index (χ1n) is 12.5. The Labute approximate surface area is 215 Å². The molecule has 1 unspecified atom stereocenters. The molecule has 1 saturated carbocycles. The lowest BCUT2D eigenvalue weighted by Gasteiger charge is -2.28. The van der Waals surface area contributed by atoms with Crippen molar-refractivity contribution in [2.75, 3.05) is 26.2 Å². The maximum atomic E-state index is 5.11. The average molecular weight is 566 g/mol. The van der Waals surface area contributed by atoms with E-state index >= 15 is 0 Å². The van der Waals surface area contributed by atoms with Crippen LogP contribution in [0.3, 0.4) is 0 Å². The van der Waals surface area contributed by atoms with E-state index in [1.54, 1.807) is 0 Å². The number of nitrogens with one attached hydrogen (secondary N) is 2. The number of hydrogen-bond donors (Lipinski definition) is 2. The second kappa shape index (κ2) is 13.9. The molecule has 1 saturated heterocycles. The summed E-state index contributed by atoms with van der Waals surface area (Å²) < 4.78 is 2.13. The standard InChI is InChI=1S/C25H39N7.HI/c1-2-24-30-28-20-32(24)18-15-26-25(29-22-13-7-4-8-14-22)27-19-23(31-16-9-10-17-31)21-11-5-3-6-12-21;/h3,5-6,11-12,20,22-23H,2,4,7-10,13-19H2,1H3,(H2,26,27,29);1H. The van der Waals surface area contributed by atoms with Crippen molar-refractivity contribution >= 4 is 29.9 Å². The molecule has 33 heavy (non-hydrogen) atoms. The van der Waals surface area contributed by atoms with Crippen molar-refractivity contribution in [3.8, 4) is 0 Å². The summed E-state index contributed by atoms with van der Waals surface area (Å²) in [7, 11) is 0. The number of likely N-dealkylation sites (tertiary alicyclic amines) is 1. The number of benzene rings is 1. The van der Waals surface area contributed by atoms with Crippen molar-refractivity contribution in [1.29, 1.82) is 0 Å². The van der Waals surface area contributed by atoms with Crippen LogP contribution in [0.15, 0.2) is 41.7 Å². The van der Waals surface area contributed by atoms with Gasteiger partial charge in [0.15, 0.2) is 5.96 Å². The Morgan fingerprint density at radius 1 is 1.09 bits per heavy atom. The van der Waals surface area contributed by atoms with Gasteiger partial charge in [-0.05, 0) is 44.3 Å². The van der Waals surface area contributed by atoms with Crippen LogP contribution in [0.25, 0.3) is 0 Å². The van der Waals surface area contributed by atoms with E-state index in [2.05, 4.69) is 67.6 Å². The zero-order valence-electron chi connectivity index (χ0n) is 20.0. The molecule has 2 N–H and O–H groups in total. The summed E-state index contributed by atoms with van der Waals surface area (Å²) in [6.45, 7) is 6.88. The number of aliphatic imine (C=N–C) groups is 1. The van der Waals surface area contributed by atoms with Crippen molar-refractivity contribution in [3.63, 3.8) is 0 Å². The van der Waals surface area contributed by atoms with Crippen molar-refractivity contribution in [2.45, 2.75) is 76.9 Å². The number of aromatic nitrogens is 3. The van der Waals surface area contributed by atoms with E-state index in [1.165, 1.54) is 63.6 Å². The molecule has 1 aliphatic heterocycles. The third kappa shape index (κ3) is 7.67. The Morgan fingerprint density at radius 2 is 1.85 bits per heavy atom. The van der Waals surface area contributed by atoms with E-state index in [0.29, 0.717) is 12.1 Å². The molecule has 1 atom stereocenters. The fraction of sp³-hybridized carbons (Fsp3) is 0.640. The molecule has 0 amide bonds. The monoisotopic (exact) mass is 565 g/mol. The van der Waals surface area contributed by atoms with Gasteiger partial charge in [-0.15, -0.1) is 34.2 Å². The van der Waals surface area contributed by atoms with Crippen molar-refractivity contribution in [3.05, 3.63) is 48.0 Å². The summed E-state index contributed by atoms with van der Waals surface area (Å²) in [5.41, 5.74) is 1.37. The SMILES string of the molecule is CCc1nncn1CCNC(=NCC(c1ccccc1)N1CCCC1)NC1CCCCC1.I. The lowest BCUT2D eigenvalue weighted by atomic mass is 9.96. The van der Waals surface area contributed by atoms with Gasteiger partial charge in [0.25, 0.3) is 0 Å². The molecule has 2 aromatic rings. The minimum absolute atomic E-state index is 0. The highest BCUT2D eigenvalue weighted by Gasteiger charge is 2.23. The summed E-state index contributed by atoms with van der Waals surface area (Å²) in [6.07, 6.45) is 11.8. The second-order valence-electron chi connectivity index (χ2n) is 9.06. The van der Waals surface area contributed by atoms with E-state index in [0.717, 1.165) is 37.8 Å². The Bertz CT molecular complexity index is 826. The fourth-order valence-electron chi connectivity index (χ4n) is 4.96. The zero-order chi connectivity index (χ0) is 22.0. The molecule has 1 aromatic heterocycles. The average Bonchev–Trinajstić information content (AvgIpc) is 3.53. The topological polar surface area (TPSA) is 70.4 Å². The van der Waals surface area contributed by atoms with Gasteiger partial charge in [-0.25, -0.2) is 0 Å². The van der Waals surface area contributed by atoms with E-state index in [1.807, 2.05) is 6.33 Å².